The molecule has 0 spiro atoms. The van der Waals surface area contributed by atoms with Gasteiger partial charge in [-0.1, -0.05) is 62.1 Å². The van der Waals surface area contributed by atoms with Crippen molar-refractivity contribution in [3.63, 3.8) is 0 Å². The second kappa shape index (κ2) is 7.34. The lowest BCUT2D eigenvalue weighted by Crippen LogP contribution is -2.38. The third kappa shape index (κ3) is 4.20. The zero-order valence-electron chi connectivity index (χ0n) is 17.0. The van der Waals surface area contributed by atoms with Crippen molar-refractivity contribution in [2.45, 2.75) is 57.3 Å². The normalized spacial score (nSPS) is 25.7. The van der Waals surface area contributed by atoms with Crippen molar-refractivity contribution < 1.29 is 4.79 Å². The number of hydrogen-bond donors (Lipinski definition) is 1. The number of carbonyl (C=O) groups is 1. The molecular weight excluding hydrogens is 388 g/mol. The van der Waals surface area contributed by atoms with E-state index in [-0.39, 0.29) is 11.3 Å². The second-order valence-corrected chi connectivity index (χ2v) is 11.5. The summed E-state index contributed by atoms with van der Waals surface area (Å²) >= 11 is 3.00. The number of likely N-dealkylation sites (tertiary alicyclic amines) is 1. The number of para-hydroxylation sites is 1. The summed E-state index contributed by atoms with van der Waals surface area (Å²) in [5.41, 5.74) is 2.81. The van der Waals surface area contributed by atoms with Gasteiger partial charge in [0.15, 0.2) is 4.34 Å². The maximum absolute atomic E-state index is 12.9. The van der Waals surface area contributed by atoms with Gasteiger partial charge in [0, 0.05) is 18.3 Å². The van der Waals surface area contributed by atoms with E-state index in [1.54, 1.807) is 0 Å². The minimum atomic E-state index is 0.236. The molecule has 1 aromatic heterocycles. The first-order valence-electron chi connectivity index (χ1n) is 9.82. The molecule has 7 heteroatoms. The lowest BCUT2D eigenvalue weighted by Gasteiger charge is -2.39. The Morgan fingerprint density at radius 3 is 2.86 bits per heavy atom. The quantitative estimate of drug-likeness (QED) is 0.687. The highest BCUT2D eigenvalue weighted by molar-refractivity contribution is 8.01. The van der Waals surface area contributed by atoms with Crippen LogP contribution in [-0.4, -0.2) is 39.3 Å². The zero-order chi connectivity index (χ0) is 19.9. The van der Waals surface area contributed by atoms with Crippen LogP contribution >= 0.6 is 23.1 Å². The van der Waals surface area contributed by atoms with Crippen LogP contribution in [0.1, 0.15) is 45.6 Å². The molecule has 2 atom stereocenters. The van der Waals surface area contributed by atoms with Gasteiger partial charge >= 0.3 is 0 Å². The number of aromatic nitrogens is 2. The van der Waals surface area contributed by atoms with E-state index in [2.05, 4.69) is 54.2 Å². The van der Waals surface area contributed by atoms with Crippen LogP contribution in [0.5, 0.6) is 0 Å². The SMILES string of the molecule is Cc1ccccc1Nc1nnc(SCC(=O)N2C[C@]3(C)C[C@H]2CC(C)(C)C3)s1. The summed E-state index contributed by atoms with van der Waals surface area (Å²) in [6.07, 6.45) is 3.47. The number of nitrogens with zero attached hydrogens (tertiary/aromatic N) is 3. The Balaban J connectivity index is 1.35. The molecule has 150 valence electrons. The standard InChI is InChI=1S/C21H28N4OS2/c1-14-7-5-6-8-16(14)22-18-23-24-19(28-18)27-11-17(26)25-13-21(4)10-15(25)9-20(2,3)12-21/h5-8,15H,9-13H2,1-4H3,(H,22,23)/t15-,21-/m1/s1. The first-order valence-corrected chi connectivity index (χ1v) is 11.6. The Bertz CT molecular complexity index is 881. The second-order valence-electron chi connectivity index (χ2n) is 9.34. The third-order valence-corrected chi connectivity index (χ3v) is 7.80. The Morgan fingerprint density at radius 1 is 1.29 bits per heavy atom. The van der Waals surface area contributed by atoms with Crippen molar-refractivity contribution in [3.05, 3.63) is 29.8 Å². The fourth-order valence-corrected chi connectivity index (χ4v) is 6.76. The maximum Gasteiger partial charge on any atom is 0.233 e. The largest absolute Gasteiger partial charge is 0.338 e. The first-order chi connectivity index (χ1) is 13.2. The van der Waals surface area contributed by atoms with Gasteiger partial charge in [-0.3, -0.25) is 4.79 Å². The first kappa shape index (κ1) is 19.7. The number of thioether (sulfide) groups is 1. The van der Waals surface area contributed by atoms with Gasteiger partial charge in [-0.2, -0.15) is 0 Å². The van der Waals surface area contributed by atoms with Crippen LogP contribution in [0.25, 0.3) is 0 Å². The van der Waals surface area contributed by atoms with Crippen molar-refractivity contribution in [3.8, 4) is 0 Å². The van der Waals surface area contributed by atoms with Gasteiger partial charge in [0.25, 0.3) is 0 Å². The van der Waals surface area contributed by atoms with E-state index < -0.39 is 0 Å². The van der Waals surface area contributed by atoms with E-state index in [9.17, 15) is 4.79 Å². The molecule has 1 aromatic carbocycles. The molecule has 2 heterocycles. The number of hydrogen-bond acceptors (Lipinski definition) is 6. The van der Waals surface area contributed by atoms with E-state index >= 15 is 0 Å². The van der Waals surface area contributed by atoms with Crippen LogP contribution in [0.2, 0.25) is 0 Å². The Hall–Kier alpha value is -1.60. The number of carbonyl (C=O) groups excluding carboxylic acids is 1. The van der Waals surface area contributed by atoms with Gasteiger partial charge in [-0.25, -0.2) is 0 Å². The van der Waals surface area contributed by atoms with Crippen molar-refractivity contribution in [1.82, 2.24) is 15.1 Å². The molecule has 1 saturated heterocycles. The van der Waals surface area contributed by atoms with Gasteiger partial charge in [0.1, 0.15) is 0 Å². The average molecular weight is 417 g/mol. The van der Waals surface area contributed by atoms with Crippen LogP contribution < -0.4 is 5.32 Å². The minimum absolute atomic E-state index is 0.236. The van der Waals surface area contributed by atoms with Crippen molar-refractivity contribution in [2.75, 3.05) is 17.6 Å². The van der Waals surface area contributed by atoms with Crippen LogP contribution in [0.4, 0.5) is 10.8 Å². The van der Waals surface area contributed by atoms with Gasteiger partial charge in [0.05, 0.1) is 5.75 Å². The van der Waals surface area contributed by atoms with Crippen molar-refractivity contribution >= 4 is 39.8 Å². The monoisotopic (exact) mass is 416 g/mol. The molecule has 1 aliphatic heterocycles. The predicted molar refractivity (Wildman–Crippen MR) is 116 cm³/mol. The molecule has 28 heavy (non-hydrogen) atoms. The number of nitrogens with one attached hydrogen (secondary N) is 1. The molecule has 1 amide bonds. The fraction of sp³-hybridized carbons (Fsp3) is 0.571. The number of amides is 1. The fourth-order valence-electron chi connectivity index (χ4n) is 5.10. The summed E-state index contributed by atoms with van der Waals surface area (Å²) in [7, 11) is 0. The van der Waals surface area contributed by atoms with E-state index in [1.807, 2.05) is 18.2 Å². The van der Waals surface area contributed by atoms with E-state index in [0.717, 1.165) is 34.5 Å². The van der Waals surface area contributed by atoms with Crippen LogP contribution in [0.15, 0.2) is 28.6 Å². The molecule has 1 N–H and O–H groups in total. The molecule has 0 radical (unpaired) electrons. The van der Waals surface area contributed by atoms with Crippen LogP contribution in [0.3, 0.4) is 0 Å². The van der Waals surface area contributed by atoms with E-state index in [1.165, 1.54) is 35.1 Å². The smallest absolute Gasteiger partial charge is 0.233 e. The third-order valence-electron chi connectivity index (χ3n) is 5.85. The number of aryl methyl sites for hydroxylation is 1. The Morgan fingerprint density at radius 2 is 2.07 bits per heavy atom. The molecule has 4 rings (SSSR count). The minimum Gasteiger partial charge on any atom is -0.338 e. The van der Waals surface area contributed by atoms with Crippen molar-refractivity contribution in [2.24, 2.45) is 10.8 Å². The molecule has 0 unspecified atom stereocenters. The lowest BCUT2D eigenvalue weighted by atomic mass is 9.65. The van der Waals surface area contributed by atoms with Crippen molar-refractivity contribution in [1.29, 1.82) is 0 Å². The number of rotatable bonds is 5. The van der Waals surface area contributed by atoms with E-state index in [0.29, 0.717) is 17.2 Å². The number of anilines is 2. The van der Waals surface area contributed by atoms with Crippen LogP contribution in [-0.2, 0) is 4.79 Å². The zero-order valence-corrected chi connectivity index (χ0v) is 18.6. The summed E-state index contributed by atoms with van der Waals surface area (Å²) < 4.78 is 0.832. The van der Waals surface area contributed by atoms with Crippen LogP contribution in [0, 0.1) is 17.8 Å². The Kier molecular flexibility index (Phi) is 5.16. The highest BCUT2D eigenvalue weighted by atomic mass is 32.2. The van der Waals surface area contributed by atoms with Gasteiger partial charge < -0.3 is 10.2 Å². The highest BCUT2D eigenvalue weighted by Gasteiger charge is 2.50. The molecule has 5 nitrogen and oxygen atoms in total. The average Bonchev–Trinajstić information content (AvgIpc) is 3.15. The van der Waals surface area contributed by atoms with Gasteiger partial charge in [-0.05, 0) is 48.6 Å². The summed E-state index contributed by atoms with van der Waals surface area (Å²) in [4.78, 5) is 15.0. The molecule has 1 saturated carbocycles. The molecule has 2 aromatic rings. The summed E-state index contributed by atoms with van der Waals surface area (Å²) in [6, 6.07) is 8.50. The Labute approximate surface area is 175 Å². The van der Waals surface area contributed by atoms with E-state index in [4.69, 9.17) is 0 Å². The van der Waals surface area contributed by atoms with Gasteiger partial charge in [0.2, 0.25) is 11.0 Å². The number of fused-ring (bicyclic) bond motifs is 2. The molecule has 2 fully saturated rings. The molecule has 2 bridgehead atoms. The predicted octanol–water partition coefficient (Wildman–Crippen LogP) is 5.11. The lowest BCUT2D eigenvalue weighted by molar-refractivity contribution is -0.129. The molecular formula is C21H28N4OS2. The highest BCUT2D eigenvalue weighted by Crippen LogP contribution is 2.52. The number of benzene rings is 1. The molecule has 1 aliphatic carbocycles. The summed E-state index contributed by atoms with van der Waals surface area (Å²) in [5.74, 6) is 0.673. The van der Waals surface area contributed by atoms with Gasteiger partial charge in [-0.15, -0.1) is 10.2 Å². The molecule has 2 aliphatic rings. The topological polar surface area (TPSA) is 58.1 Å². The summed E-state index contributed by atoms with van der Waals surface area (Å²) in [6.45, 7) is 9.98. The maximum atomic E-state index is 12.9. The summed E-state index contributed by atoms with van der Waals surface area (Å²) in [5, 5.41) is 12.5.